The number of aromatic nitrogens is 1. The van der Waals surface area contributed by atoms with Crippen LogP contribution in [0.25, 0.3) is 0 Å². The highest BCUT2D eigenvalue weighted by atomic mass is 79.9. The lowest BCUT2D eigenvalue weighted by Gasteiger charge is -2.16. The van der Waals surface area contributed by atoms with Gasteiger partial charge in [-0.25, -0.2) is 4.98 Å². The number of nitrogens with zero attached hydrogens (tertiary/aromatic N) is 1. The fourth-order valence-electron chi connectivity index (χ4n) is 3.08. The molecule has 24 heavy (non-hydrogen) atoms. The summed E-state index contributed by atoms with van der Waals surface area (Å²) in [5, 5.41) is 6.28. The van der Waals surface area contributed by atoms with Gasteiger partial charge in [-0.05, 0) is 34.8 Å². The summed E-state index contributed by atoms with van der Waals surface area (Å²) < 4.78 is 6.13. The molecule has 3 unspecified atom stereocenters. The summed E-state index contributed by atoms with van der Waals surface area (Å²) in [6.45, 7) is 8.34. The van der Waals surface area contributed by atoms with E-state index in [9.17, 15) is 4.79 Å². The van der Waals surface area contributed by atoms with Crippen LogP contribution in [0.15, 0.2) is 42.0 Å². The fourth-order valence-corrected chi connectivity index (χ4v) is 3.39. The van der Waals surface area contributed by atoms with Crippen molar-refractivity contribution in [3.63, 3.8) is 0 Å². The van der Waals surface area contributed by atoms with Crippen molar-refractivity contribution in [1.29, 1.82) is 0 Å². The quantitative estimate of drug-likeness (QED) is 0.408. The second-order valence-corrected chi connectivity index (χ2v) is 6.86. The average Bonchev–Trinajstić information content (AvgIpc) is 3.10. The molecule has 1 aromatic rings. The van der Waals surface area contributed by atoms with Crippen molar-refractivity contribution in [3.05, 3.63) is 47.6 Å². The number of carbonyl (C=O) groups is 1. The molecule has 2 aliphatic rings. The maximum absolute atomic E-state index is 12.5. The van der Waals surface area contributed by atoms with Crippen LogP contribution in [0.2, 0.25) is 0 Å². The molecule has 1 saturated heterocycles. The molecule has 130 valence electrons. The van der Waals surface area contributed by atoms with E-state index >= 15 is 0 Å². The number of fused-ring (bicyclic) bond motifs is 1. The Bertz CT molecular complexity index is 655. The number of rotatable bonds is 7. The third kappa shape index (κ3) is 3.88. The van der Waals surface area contributed by atoms with Gasteiger partial charge in [0, 0.05) is 17.0 Å². The second-order valence-electron chi connectivity index (χ2n) is 6.05. The van der Waals surface area contributed by atoms with E-state index in [-0.39, 0.29) is 29.8 Å². The van der Waals surface area contributed by atoms with Crippen LogP contribution in [-0.4, -0.2) is 29.6 Å². The normalized spacial score (nSPS) is 26.9. The maximum Gasteiger partial charge on any atom is 0.242 e. The minimum absolute atomic E-state index is 0. The van der Waals surface area contributed by atoms with Gasteiger partial charge in [0.05, 0.1) is 19.3 Å². The molecule has 2 N–H and O–H groups in total. The number of anilines is 1. The lowest BCUT2D eigenvalue weighted by Crippen LogP contribution is -2.38. The van der Waals surface area contributed by atoms with Gasteiger partial charge >= 0.3 is 0 Å². The van der Waals surface area contributed by atoms with Gasteiger partial charge in [-0.2, -0.15) is 0 Å². The summed E-state index contributed by atoms with van der Waals surface area (Å²) in [5.41, 5.74) is 0.952. The Hall–Kier alpha value is -1.21. The Labute approximate surface area is 156 Å². The Morgan fingerprint density at radius 3 is 2.96 bits per heavy atom. The van der Waals surface area contributed by atoms with Crippen LogP contribution in [0.1, 0.15) is 18.4 Å². The van der Waals surface area contributed by atoms with Crippen LogP contribution in [0.5, 0.6) is 0 Å². The zero-order valence-corrected chi connectivity index (χ0v) is 15.7. The minimum Gasteiger partial charge on any atom is -0.373 e. The highest BCUT2D eigenvalue weighted by Crippen LogP contribution is 2.55. The number of piperidine rings is 1. The van der Waals surface area contributed by atoms with E-state index < -0.39 is 0 Å². The molecule has 5 nitrogen and oxygen atoms in total. The van der Waals surface area contributed by atoms with Gasteiger partial charge in [0.1, 0.15) is 10.4 Å². The van der Waals surface area contributed by atoms with Gasteiger partial charge in [-0.1, -0.05) is 18.2 Å². The third-order valence-electron chi connectivity index (χ3n) is 4.51. The molecule has 3 rings (SSSR count). The Morgan fingerprint density at radius 2 is 2.29 bits per heavy atom. The van der Waals surface area contributed by atoms with Gasteiger partial charge < -0.3 is 15.4 Å². The van der Waals surface area contributed by atoms with Gasteiger partial charge in [0.25, 0.3) is 0 Å². The van der Waals surface area contributed by atoms with Crippen LogP contribution in [-0.2, 0) is 16.1 Å². The molecule has 0 radical (unpaired) electrons. The highest BCUT2D eigenvalue weighted by Gasteiger charge is 2.59. The van der Waals surface area contributed by atoms with E-state index in [1.54, 1.807) is 6.08 Å². The molecule has 0 aromatic carbocycles. The number of hydrogen-bond acceptors (Lipinski definition) is 4. The molecule has 0 bridgehead atoms. The van der Waals surface area contributed by atoms with Gasteiger partial charge in [-0.3, -0.25) is 4.79 Å². The summed E-state index contributed by atoms with van der Waals surface area (Å²) >= 11 is 3.34. The van der Waals surface area contributed by atoms with E-state index in [0.29, 0.717) is 29.7 Å². The zero-order valence-electron chi connectivity index (χ0n) is 13.3. The number of pyridine rings is 1. The van der Waals surface area contributed by atoms with Crippen molar-refractivity contribution < 1.29 is 9.53 Å². The van der Waals surface area contributed by atoms with Crippen LogP contribution >= 0.6 is 28.3 Å². The molecule has 1 amide bonds. The van der Waals surface area contributed by atoms with Crippen LogP contribution in [0, 0.1) is 5.41 Å². The fraction of sp³-hybridized carbons (Fsp3) is 0.412. The van der Waals surface area contributed by atoms with Crippen LogP contribution < -0.4 is 10.6 Å². The van der Waals surface area contributed by atoms with Gasteiger partial charge in [-0.15, -0.1) is 25.6 Å². The number of carbonyl (C=O) groups excluding carboxylic acids is 1. The highest BCUT2D eigenvalue weighted by molar-refractivity contribution is 9.10. The first-order chi connectivity index (χ1) is 11.1. The topological polar surface area (TPSA) is 63.2 Å². The van der Waals surface area contributed by atoms with Gasteiger partial charge in [0.15, 0.2) is 0 Å². The SMILES string of the molecule is C=CCOCc1ccc(Br)nc1NC(=O)C1CC2(C=C)CC2N1.Cl. The number of hydrogen-bond donors (Lipinski definition) is 2. The average molecular weight is 415 g/mol. The molecule has 0 spiro atoms. The molecule has 2 fully saturated rings. The standard InChI is InChI=1S/C17H20BrN3O2.ClH/c1-3-7-23-10-11-5-6-14(18)20-15(11)21-16(22)12-8-17(4-2)9-13(17)19-12;/h3-6,12-13,19H,1-2,7-10H2,(H,20,21,22);1H. The van der Waals surface area contributed by atoms with Crippen molar-refractivity contribution in [2.24, 2.45) is 5.41 Å². The predicted molar refractivity (Wildman–Crippen MR) is 100 cm³/mol. The molecule has 1 saturated carbocycles. The van der Waals surface area contributed by atoms with Gasteiger partial charge in [0.2, 0.25) is 5.91 Å². The van der Waals surface area contributed by atoms with E-state index in [1.165, 1.54) is 0 Å². The first kappa shape index (κ1) is 19.1. The second kappa shape index (κ2) is 7.78. The largest absolute Gasteiger partial charge is 0.373 e. The minimum atomic E-state index is -0.200. The summed E-state index contributed by atoms with van der Waals surface area (Å²) in [7, 11) is 0. The first-order valence-corrected chi connectivity index (χ1v) is 8.42. The molecule has 1 aliphatic heterocycles. The van der Waals surface area contributed by atoms with Crippen molar-refractivity contribution in [1.82, 2.24) is 10.3 Å². The smallest absolute Gasteiger partial charge is 0.242 e. The molecular weight excluding hydrogens is 394 g/mol. The number of ether oxygens (including phenoxy) is 1. The van der Waals surface area contributed by atoms with Crippen LogP contribution in [0.4, 0.5) is 5.82 Å². The zero-order chi connectivity index (χ0) is 16.4. The molecule has 1 aromatic heterocycles. The number of nitrogens with one attached hydrogen (secondary N) is 2. The van der Waals surface area contributed by atoms with E-state index in [2.05, 4.69) is 44.7 Å². The van der Waals surface area contributed by atoms with Crippen molar-refractivity contribution in [2.45, 2.75) is 31.5 Å². The monoisotopic (exact) mass is 413 g/mol. The Kier molecular flexibility index (Phi) is 6.20. The Balaban J connectivity index is 0.00000208. The van der Waals surface area contributed by atoms with Crippen molar-refractivity contribution >= 4 is 40.1 Å². The first-order valence-electron chi connectivity index (χ1n) is 7.62. The summed E-state index contributed by atoms with van der Waals surface area (Å²) in [6, 6.07) is 3.91. The lowest BCUT2D eigenvalue weighted by molar-refractivity contribution is -0.118. The van der Waals surface area contributed by atoms with E-state index in [1.807, 2.05) is 18.2 Å². The molecule has 1 aliphatic carbocycles. The lowest BCUT2D eigenvalue weighted by atomic mass is 10.00. The molecule has 3 atom stereocenters. The molecule has 2 heterocycles. The summed E-state index contributed by atoms with van der Waals surface area (Å²) in [4.78, 5) is 16.9. The Morgan fingerprint density at radius 1 is 1.50 bits per heavy atom. The van der Waals surface area contributed by atoms with Crippen LogP contribution in [0.3, 0.4) is 0 Å². The predicted octanol–water partition coefficient (Wildman–Crippen LogP) is 3.21. The summed E-state index contributed by atoms with van der Waals surface area (Å²) in [6.07, 6.45) is 5.54. The van der Waals surface area contributed by atoms with Crippen molar-refractivity contribution in [3.8, 4) is 0 Å². The molecule has 7 heteroatoms. The van der Waals surface area contributed by atoms with E-state index in [4.69, 9.17) is 4.74 Å². The van der Waals surface area contributed by atoms with E-state index in [0.717, 1.165) is 18.4 Å². The maximum atomic E-state index is 12.5. The molecular formula is C17H21BrClN3O2. The number of amides is 1. The summed E-state index contributed by atoms with van der Waals surface area (Å²) in [5.74, 6) is 0.470. The number of halogens is 2. The van der Waals surface area contributed by atoms with Crippen molar-refractivity contribution in [2.75, 3.05) is 11.9 Å². The third-order valence-corrected chi connectivity index (χ3v) is 4.95.